The normalized spacial score (nSPS) is 11.2. The Bertz CT molecular complexity index is 471. The fourth-order valence-electron chi connectivity index (χ4n) is 1.32. The monoisotopic (exact) mass is 257 g/mol. The minimum atomic E-state index is -0.468. The van der Waals surface area contributed by atoms with E-state index in [1.54, 1.807) is 12.1 Å². The van der Waals surface area contributed by atoms with E-state index in [9.17, 15) is 10.1 Å². The van der Waals surface area contributed by atoms with Crippen molar-refractivity contribution in [3.8, 4) is 11.5 Å². The summed E-state index contributed by atoms with van der Waals surface area (Å²) in [7, 11) is 2.95. The zero-order chi connectivity index (χ0) is 13.0. The number of methoxy groups -OCH3 is 2. The maximum absolute atomic E-state index is 10.5. The minimum absolute atomic E-state index is 0.0216. The first-order chi connectivity index (χ1) is 7.99. The van der Waals surface area contributed by atoms with Crippen LogP contribution in [0.1, 0.15) is 12.5 Å². The van der Waals surface area contributed by atoms with Gasteiger partial charge in [0.2, 0.25) is 5.70 Å². The predicted octanol–water partition coefficient (Wildman–Crippen LogP) is 2.99. The molecule has 5 nitrogen and oxygen atoms in total. The van der Waals surface area contributed by atoms with Crippen molar-refractivity contribution in [2.24, 2.45) is 0 Å². The van der Waals surface area contributed by atoms with Crippen LogP contribution in [-0.2, 0) is 0 Å². The van der Waals surface area contributed by atoms with Gasteiger partial charge >= 0.3 is 0 Å². The molecule has 92 valence electrons. The predicted molar refractivity (Wildman–Crippen MR) is 65.2 cm³/mol. The summed E-state index contributed by atoms with van der Waals surface area (Å²) in [6.45, 7) is 1.41. The number of allylic oxidation sites excluding steroid dienone is 1. The molecule has 17 heavy (non-hydrogen) atoms. The van der Waals surface area contributed by atoms with Crippen LogP contribution in [0.25, 0.3) is 6.08 Å². The molecule has 0 aliphatic rings. The summed E-state index contributed by atoms with van der Waals surface area (Å²) in [5, 5.41) is 10.9. The molecule has 0 spiro atoms. The van der Waals surface area contributed by atoms with Gasteiger partial charge in [-0.3, -0.25) is 10.1 Å². The van der Waals surface area contributed by atoms with Crippen LogP contribution in [0.4, 0.5) is 0 Å². The summed E-state index contributed by atoms with van der Waals surface area (Å²) in [6, 6.07) is 3.20. The van der Waals surface area contributed by atoms with Crippen LogP contribution in [0.5, 0.6) is 11.5 Å². The van der Waals surface area contributed by atoms with E-state index < -0.39 is 4.92 Å². The fraction of sp³-hybridized carbons (Fsp3) is 0.273. The largest absolute Gasteiger partial charge is 0.493 e. The summed E-state index contributed by atoms with van der Waals surface area (Å²) in [4.78, 5) is 10.0. The van der Waals surface area contributed by atoms with Gasteiger partial charge in [-0.2, -0.15) is 0 Å². The molecule has 0 saturated heterocycles. The van der Waals surface area contributed by atoms with E-state index >= 15 is 0 Å². The third-order valence-electron chi connectivity index (χ3n) is 2.12. The molecule has 0 saturated carbocycles. The molecule has 0 amide bonds. The summed E-state index contributed by atoms with van der Waals surface area (Å²) >= 11 is 5.97. The summed E-state index contributed by atoms with van der Waals surface area (Å²) in [5.74, 6) is 0.840. The Kier molecular flexibility index (Phi) is 4.34. The van der Waals surface area contributed by atoms with E-state index in [1.807, 2.05) is 0 Å². The van der Waals surface area contributed by atoms with Crippen LogP contribution in [0.2, 0.25) is 5.02 Å². The molecule has 0 bridgehead atoms. The van der Waals surface area contributed by atoms with Crippen molar-refractivity contribution >= 4 is 17.7 Å². The van der Waals surface area contributed by atoms with Crippen molar-refractivity contribution in [3.63, 3.8) is 0 Å². The van der Waals surface area contributed by atoms with Gasteiger partial charge in [0.1, 0.15) is 0 Å². The minimum Gasteiger partial charge on any atom is -0.493 e. The van der Waals surface area contributed by atoms with Gasteiger partial charge in [0.25, 0.3) is 0 Å². The maximum atomic E-state index is 10.5. The van der Waals surface area contributed by atoms with Crippen LogP contribution < -0.4 is 9.47 Å². The van der Waals surface area contributed by atoms with Gasteiger partial charge in [0.15, 0.2) is 11.5 Å². The first-order valence-electron chi connectivity index (χ1n) is 4.73. The van der Waals surface area contributed by atoms with E-state index in [0.29, 0.717) is 22.1 Å². The van der Waals surface area contributed by atoms with Crippen LogP contribution in [0.3, 0.4) is 0 Å². The summed E-state index contributed by atoms with van der Waals surface area (Å²) in [5.41, 5.74) is 0.607. The van der Waals surface area contributed by atoms with Crippen molar-refractivity contribution in [1.29, 1.82) is 0 Å². The highest BCUT2D eigenvalue weighted by Gasteiger charge is 2.11. The zero-order valence-corrected chi connectivity index (χ0v) is 10.4. The van der Waals surface area contributed by atoms with Crippen LogP contribution >= 0.6 is 11.6 Å². The molecule has 0 N–H and O–H groups in total. The number of rotatable bonds is 4. The Labute approximate surface area is 104 Å². The highest BCUT2D eigenvalue weighted by molar-refractivity contribution is 6.32. The van der Waals surface area contributed by atoms with E-state index in [4.69, 9.17) is 21.1 Å². The molecule has 1 aromatic rings. The Balaban J connectivity index is 3.25. The second-order valence-corrected chi connectivity index (χ2v) is 3.69. The van der Waals surface area contributed by atoms with Gasteiger partial charge in [-0.15, -0.1) is 0 Å². The van der Waals surface area contributed by atoms with Gasteiger partial charge in [-0.05, 0) is 17.7 Å². The van der Waals surface area contributed by atoms with Gasteiger partial charge in [0, 0.05) is 13.0 Å². The Morgan fingerprint density at radius 1 is 1.41 bits per heavy atom. The Morgan fingerprint density at radius 3 is 2.53 bits per heavy atom. The molecule has 0 unspecified atom stereocenters. The molecule has 0 fully saturated rings. The standard InChI is InChI=1S/C11H12ClNO4/c1-7(13(14)15)4-8-5-9(12)11(17-3)10(6-8)16-2/h4-6H,1-3H3/b7-4+. The molecule has 0 aliphatic carbocycles. The number of hydrogen-bond donors (Lipinski definition) is 0. The molecule has 6 heteroatoms. The number of halogens is 1. The summed E-state index contributed by atoms with van der Waals surface area (Å²) in [6.07, 6.45) is 1.41. The van der Waals surface area contributed by atoms with Gasteiger partial charge < -0.3 is 9.47 Å². The first-order valence-corrected chi connectivity index (χ1v) is 5.11. The molecule has 1 rings (SSSR count). The fourth-order valence-corrected chi connectivity index (χ4v) is 1.61. The van der Waals surface area contributed by atoms with E-state index in [0.717, 1.165) is 0 Å². The SMILES string of the molecule is COc1cc(/C=C(\C)[N+](=O)[O-])cc(Cl)c1OC. The number of hydrogen-bond acceptors (Lipinski definition) is 4. The van der Waals surface area contributed by atoms with Crippen molar-refractivity contribution in [2.75, 3.05) is 14.2 Å². The van der Waals surface area contributed by atoms with Crippen molar-refractivity contribution in [2.45, 2.75) is 6.92 Å². The van der Waals surface area contributed by atoms with Gasteiger partial charge in [-0.1, -0.05) is 11.6 Å². The average molecular weight is 258 g/mol. The Morgan fingerprint density at radius 2 is 2.06 bits per heavy atom. The number of nitro groups is 1. The molecule has 0 radical (unpaired) electrons. The first kappa shape index (κ1) is 13.3. The lowest BCUT2D eigenvalue weighted by Crippen LogP contribution is -1.95. The van der Waals surface area contributed by atoms with Crippen molar-refractivity contribution < 1.29 is 14.4 Å². The molecule has 0 aromatic heterocycles. The topological polar surface area (TPSA) is 61.6 Å². The highest BCUT2D eigenvalue weighted by atomic mass is 35.5. The van der Waals surface area contributed by atoms with E-state index in [2.05, 4.69) is 0 Å². The second-order valence-electron chi connectivity index (χ2n) is 3.28. The lowest BCUT2D eigenvalue weighted by Gasteiger charge is -2.09. The molecule has 1 aromatic carbocycles. The lowest BCUT2D eigenvalue weighted by molar-refractivity contribution is -0.422. The molecular weight excluding hydrogens is 246 g/mol. The van der Waals surface area contributed by atoms with E-state index in [-0.39, 0.29) is 5.70 Å². The lowest BCUT2D eigenvalue weighted by atomic mass is 10.1. The third kappa shape index (κ3) is 3.10. The van der Waals surface area contributed by atoms with Gasteiger partial charge in [0.05, 0.1) is 24.2 Å². The zero-order valence-electron chi connectivity index (χ0n) is 9.69. The Hall–Kier alpha value is -1.75. The van der Waals surface area contributed by atoms with Crippen LogP contribution in [-0.4, -0.2) is 19.1 Å². The highest BCUT2D eigenvalue weighted by Crippen LogP contribution is 2.36. The smallest absolute Gasteiger partial charge is 0.243 e. The van der Waals surface area contributed by atoms with Gasteiger partial charge in [-0.25, -0.2) is 0 Å². The van der Waals surface area contributed by atoms with E-state index in [1.165, 1.54) is 27.2 Å². The number of nitrogens with zero attached hydrogens (tertiary/aromatic N) is 1. The van der Waals surface area contributed by atoms with Crippen LogP contribution in [0, 0.1) is 10.1 Å². The maximum Gasteiger partial charge on any atom is 0.243 e. The molecule has 0 aliphatic heterocycles. The molecular formula is C11H12ClNO4. The molecule has 0 heterocycles. The quantitative estimate of drug-likeness (QED) is 0.614. The summed E-state index contributed by atoms with van der Waals surface area (Å²) < 4.78 is 10.2. The third-order valence-corrected chi connectivity index (χ3v) is 2.40. The number of ether oxygens (including phenoxy) is 2. The average Bonchev–Trinajstić information content (AvgIpc) is 2.27. The van der Waals surface area contributed by atoms with Crippen molar-refractivity contribution in [3.05, 3.63) is 38.5 Å². The van der Waals surface area contributed by atoms with Crippen molar-refractivity contribution in [1.82, 2.24) is 0 Å². The number of benzene rings is 1. The second kappa shape index (κ2) is 5.54. The molecule has 0 atom stereocenters. The van der Waals surface area contributed by atoms with Crippen LogP contribution in [0.15, 0.2) is 17.8 Å².